The van der Waals surface area contributed by atoms with Crippen molar-refractivity contribution in [2.24, 2.45) is 5.16 Å². The van der Waals surface area contributed by atoms with Crippen molar-refractivity contribution in [2.45, 2.75) is 39.0 Å². The first-order valence-electron chi connectivity index (χ1n) is 9.58. The van der Waals surface area contributed by atoms with Crippen LogP contribution in [0, 0.1) is 0 Å². The lowest BCUT2D eigenvalue weighted by Crippen LogP contribution is -2.07. The molecule has 0 bridgehead atoms. The fraction of sp³-hybridized carbons (Fsp3) is 0.304. The summed E-state index contributed by atoms with van der Waals surface area (Å²) in [5, 5.41) is 3.96. The SMILES string of the molecule is CCCCCCCOc1ccccc1/C=C1\C(=O)ON=C1c1ccccc1. The molecule has 27 heavy (non-hydrogen) atoms. The van der Waals surface area contributed by atoms with Crippen LogP contribution < -0.4 is 4.74 Å². The van der Waals surface area contributed by atoms with Gasteiger partial charge in [-0.25, -0.2) is 4.79 Å². The zero-order valence-corrected chi connectivity index (χ0v) is 15.7. The lowest BCUT2D eigenvalue weighted by molar-refractivity contribution is -0.136. The summed E-state index contributed by atoms with van der Waals surface area (Å²) >= 11 is 0. The Morgan fingerprint density at radius 3 is 2.52 bits per heavy atom. The van der Waals surface area contributed by atoms with Crippen LogP contribution in [0.5, 0.6) is 5.75 Å². The fourth-order valence-corrected chi connectivity index (χ4v) is 2.99. The van der Waals surface area contributed by atoms with E-state index in [9.17, 15) is 4.79 Å². The molecule has 0 aromatic heterocycles. The Bertz CT molecular complexity index is 825. The van der Waals surface area contributed by atoms with Gasteiger partial charge in [-0.05, 0) is 18.6 Å². The first-order valence-corrected chi connectivity index (χ1v) is 9.58. The van der Waals surface area contributed by atoms with Gasteiger partial charge < -0.3 is 9.57 Å². The maximum Gasteiger partial charge on any atom is 0.368 e. The summed E-state index contributed by atoms with van der Waals surface area (Å²) in [5.74, 6) is 0.329. The quantitative estimate of drug-likeness (QED) is 0.341. The Labute approximate surface area is 160 Å². The van der Waals surface area contributed by atoms with Crippen LogP contribution in [0.25, 0.3) is 6.08 Å². The third kappa shape index (κ3) is 5.07. The molecule has 0 atom stereocenters. The maximum atomic E-state index is 12.2. The van der Waals surface area contributed by atoms with Gasteiger partial charge >= 0.3 is 5.97 Å². The largest absolute Gasteiger partial charge is 0.493 e. The summed E-state index contributed by atoms with van der Waals surface area (Å²) in [6.07, 6.45) is 7.75. The van der Waals surface area contributed by atoms with E-state index in [1.807, 2.05) is 54.6 Å². The first-order chi connectivity index (χ1) is 13.3. The van der Waals surface area contributed by atoms with Crippen molar-refractivity contribution in [1.82, 2.24) is 0 Å². The third-order valence-corrected chi connectivity index (χ3v) is 4.47. The van der Waals surface area contributed by atoms with Crippen LogP contribution >= 0.6 is 0 Å². The number of carbonyl (C=O) groups is 1. The minimum absolute atomic E-state index is 0.441. The summed E-state index contributed by atoms with van der Waals surface area (Å²) < 4.78 is 5.97. The van der Waals surface area contributed by atoms with Crippen LogP contribution in [0.2, 0.25) is 0 Å². The summed E-state index contributed by atoms with van der Waals surface area (Å²) in [6.45, 7) is 2.88. The second-order valence-corrected chi connectivity index (χ2v) is 6.54. The van der Waals surface area contributed by atoms with Crippen LogP contribution in [0.15, 0.2) is 65.3 Å². The topological polar surface area (TPSA) is 47.9 Å². The number of hydrogen-bond donors (Lipinski definition) is 0. The average molecular weight is 363 g/mol. The van der Waals surface area contributed by atoms with Gasteiger partial charge in [-0.15, -0.1) is 0 Å². The number of unbranched alkanes of at least 4 members (excludes halogenated alkanes) is 4. The molecule has 4 heteroatoms. The van der Waals surface area contributed by atoms with E-state index in [-0.39, 0.29) is 0 Å². The molecule has 0 amide bonds. The molecule has 0 saturated carbocycles. The van der Waals surface area contributed by atoms with Gasteiger partial charge in [0.25, 0.3) is 0 Å². The molecule has 4 nitrogen and oxygen atoms in total. The molecule has 2 aromatic carbocycles. The second kappa shape index (κ2) is 9.72. The molecule has 3 rings (SSSR count). The molecule has 0 unspecified atom stereocenters. The van der Waals surface area contributed by atoms with Crippen LogP contribution in [0.3, 0.4) is 0 Å². The summed E-state index contributed by atoms with van der Waals surface area (Å²) in [5.41, 5.74) is 2.70. The van der Waals surface area contributed by atoms with Gasteiger partial charge in [0.2, 0.25) is 0 Å². The van der Waals surface area contributed by atoms with E-state index in [1.165, 1.54) is 25.7 Å². The highest BCUT2D eigenvalue weighted by atomic mass is 16.7. The molecule has 140 valence electrons. The zero-order chi connectivity index (χ0) is 18.9. The van der Waals surface area contributed by atoms with Crippen molar-refractivity contribution in [2.75, 3.05) is 6.61 Å². The molecule has 0 fully saturated rings. The molecule has 0 spiro atoms. The number of carbonyl (C=O) groups excluding carboxylic acids is 1. The van der Waals surface area contributed by atoms with Crippen molar-refractivity contribution in [3.63, 3.8) is 0 Å². The van der Waals surface area contributed by atoms with Gasteiger partial charge in [0, 0.05) is 11.1 Å². The monoisotopic (exact) mass is 363 g/mol. The van der Waals surface area contributed by atoms with E-state index in [0.717, 1.165) is 23.3 Å². The molecule has 0 saturated heterocycles. The predicted molar refractivity (Wildman–Crippen MR) is 108 cm³/mol. The van der Waals surface area contributed by atoms with Gasteiger partial charge in [-0.3, -0.25) is 0 Å². The highest BCUT2D eigenvalue weighted by Crippen LogP contribution is 2.26. The maximum absolute atomic E-state index is 12.2. The molecule has 1 aliphatic rings. The molecular weight excluding hydrogens is 338 g/mol. The van der Waals surface area contributed by atoms with Gasteiger partial charge in [0.1, 0.15) is 11.5 Å². The van der Waals surface area contributed by atoms with Gasteiger partial charge in [0.05, 0.1) is 12.2 Å². The van der Waals surface area contributed by atoms with E-state index >= 15 is 0 Å². The molecular formula is C23H25NO3. The van der Waals surface area contributed by atoms with Crippen LogP contribution in [-0.2, 0) is 9.63 Å². The van der Waals surface area contributed by atoms with Crippen LogP contribution in [0.1, 0.15) is 50.2 Å². The number of benzene rings is 2. The van der Waals surface area contributed by atoms with Crippen molar-refractivity contribution in [3.05, 3.63) is 71.3 Å². The number of para-hydroxylation sites is 1. The fourth-order valence-electron chi connectivity index (χ4n) is 2.99. The Hall–Kier alpha value is -2.88. The molecule has 0 aliphatic carbocycles. The smallest absolute Gasteiger partial charge is 0.368 e. The van der Waals surface area contributed by atoms with Gasteiger partial charge in [-0.2, -0.15) is 0 Å². The lowest BCUT2D eigenvalue weighted by atomic mass is 10.0. The number of oxime groups is 1. The first kappa shape index (κ1) is 18.9. The second-order valence-electron chi connectivity index (χ2n) is 6.54. The zero-order valence-electron chi connectivity index (χ0n) is 15.7. The van der Waals surface area contributed by atoms with Crippen molar-refractivity contribution < 1.29 is 14.4 Å². The highest BCUT2D eigenvalue weighted by Gasteiger charge is 2.27. The van der Waals surface area contributed by atoms with Crippen molar-refractivity contribution in [1.29, 1.82) is 0 Å². The van der Waals surface area contributed by atoms with E-state index in [1.54, 1.807) is 6.08 Å². The Kier molecular flexibility index (Phi) is 6.80. The van der Waals surface area contributed by atoms with Crippen LogP contribution in [-0.4, -0.2) is 18.3 Å². The highest BCUT2D eigenvalue weighted by molar-refractivity contribution is 6.31. The van der Waals surface area contributed by atoms with Gasteiger partial charge in [0.15, 0.2) is 0 Å². The molecule has 1 aliphatic heterocycles. The Morgan fingerprint density at radius 1 is 0.963 bits per heavy atom. The number of rotatable bonds is 9. The van der Waals surface area contributed by atoms with E-state index in [0.29, 0.717) is 17.9 Å². The Balaban J connectivity index is 1.74. The molecule has 1 heterocycles. The number of ether oxygens (including phenoxy) is 1. The minimum Gasteiger partial charge on any atom is -0.493 e. The van der Waals surface area contributed by atoms with Crippen molar-refractivity contribution >= 4 is 17.8 Å². The molecule has 2 aromatic rings. The Morgan fingerprint density at radius 2 is 1.70 bits per heavy atom. The standard InChI is InChI=1S/C23H25NO3/c1-2-3-4-5-11-16-26-21-15-10-9-14-19(21)17-20-22(24-27-23(20)25)18-12-7-6-8-13-18/h6-10,12-15,17H,2-5,11,16H2,1H3/b20-17-. The molecule has 0 N–H and O–H groups in total. The summed E-state index contributed by atoms with van der Waals surface area (Å²) in [6, 6.07) is 17.3. The predicted octanol–water partition coefficient (Wildman–Crippen LogP) is 5.38. The van der Waals surface area contributed by atoms with E-state index in [2.05, 4.69) is 12.1 Å². The summed E-state index contributed by atoms with van der Waals surface area (Å²) in [7, 11) is 0. The summed E-state index contributed by atoms with van der Waals surface area (Å²) in [4.78, 5) is 17.1. The molecule has 0 radical (unpaired) electrons. The van der Waals surface area contributed by atoms with E-state index < -0.39 is 5.97 Å². The normalized spacial score (nSPS) is 14.9. The minimum atomic E-state index is -0.441. The number of nitrogens with zero attached hydrogens (tertiary/aromatic N) is 1. The average Bonchev–Trinajstić information content (AvgIpc) is 3.07. The van der Waals surface area contributed by atoms with Gasteiger partial charge in [-0.1, -0.05) is 86.3 Å². The lowest BCUT2D eigenvalue weighted by Gasteiger charge is -2.10. The van der Waals surface area contributed by atoms with Crippen molar-refractivity contribution in [3.8, 4) is 5.75 Å². The third-order valence-electron chi connectivity index (χ3n) is 4.47. The number of hydrogen-bond acceptors (Lipinski definition) is 4. The van der Waals surface area contributed by atoms with E-state index in [4.69, 9.17) is 9.57 Å². The van der Waals surface area contributed by atoms with Crippen LogP contribution in [0.4, 0.5) is 0 Å².